The standard InChI is InChI=1S/C15H21N3OS/c1-15(11-19,17-12-4-5-12)6-8-18-9-7-16-14(18)13-3-2-10-20-13/h2-3,7,9-10,12,17,19H,4-6,8,11H2,1H3. The van der Waals surface area contributed by atoms with Crippen LogP contribution in [0.15, 0.2) is 29.9 Å². The van der Waals surface area contributed by atoms with E-state index >= 15 is 0 Å². The van der Waals surface area contributed by atoms with Gasteiger partial charge in [0, 0.05) is 30.5 Å². The Morgan fingerprint density at radius 2 is 2.40 bits per heavy atom. The van der Waals surface area contributed by atoms with Gasteiger partial charge in [-0.2, -0.15) is 0 Å². The maximum Gasteiger partial charge on any atom is 0.149 e. The molecule has 0 aliphatic heterocycles. The lowest BCUT2D eigenvalue weighted by Crippen LogP contribution is -2.47. The highest BCUT2D eigenvalue weighted by Crippen LogP contribution is 2.26. The van der Waals surface area contributed by atoms with Crippen molar-refractivity contribution in [2.75, 3.05) is 6.61 Å². The Labute approximate surface area is 123 Å². The van der Waals surface area contributed by atoms with Crippen LogP contribution in [0.3, 0.4) is 0 Å². The molecule has 2 N–H and O–H groups in total. The van der Waals surface area contributed by atoms with Crippen LogP contribution < -0.4 is 5.32 Å². The molecule has 1 unspecified atom stereocenters. The van der Waals surface area contributed by atoms with E-state index in [-0.39, 0.29) is 12.1 Å². The Morgan fingerprint density at radius 3 is 3.05 bits per heavy atom. The summed E-state index contributed by atoms with van der Waals surface area (Å²) in [5.74, 6) is 1.02. The summed E-state index contributed by atoms with van der Waals surface area (Å²) >= 11 is 1.71. The van der Waals surface area contributed by atoms with Gasteiger partial charge in [0.25, 0.3) is 0 Å². The maximum absolute atomic E-state index is 9.66. The average Bonchev–Trinajstić information content (AvgIpc) is 2.97. The van der Waals surface area contributed by atoms with Gasteiger partial charge in [-0.1, -0.05) is 6.07 Å². The summed E-state index contributed by atoms with van der Waals surface area (Å²) in [6.07, 6.45) is 7.24. The maximum atomic E-state index is 9.66. The summed E-state index contributed by atoms with van der Waals surface area (Å²) in [6, 6.07) is 4.74. The van der Waals surface area contributed by atoms with Crippen LogP contribution in [-0.4, -0.2) is 32.8 Å². The summed E-state index contributed by atoms with van der Waals surface area (Å²) in [4.78, 5) is 5.64. The van der Waals surface area contributed by atoms with Crippen molar-refractivity contribution in [1.82, 2.24) is 14.9 Å². The largest absolute Gasteiger partial charge is 0.394 e. The number of aliphatic hydroxyl groups excluding tert-OH is 1. The van der Waals surface area contributed by atoms with Crippen molar-refractivity contribution in [3.63, 3.8) is 0 Å². The van der Waals surface area contributed by atoms with E-state index in [1.807, 2.05) is 18.5 Å². The zero-order valence-corrected chi connectivity index (χ0v) is 12.6. The van der Waals surface area contributed by atoms with Crippen molar-refractivity contribution < 1.29 is 5.11 Å². The van der Waals surface area contributed by atoms with Crippen molar-refractivity contribution in [3.8, 4) is 10.7 Å². The average molecular weight is 291 g/mol. The molecule has 0 amide bonds. The lowest BCUT2D eigenvalue weighted by molar-refractivity contribution is 0.159. The van der Waals surface area contributed by atoms with Gasteiger partial charge in [0.15, 0.2) is 0 Å². The molecular formula is C15H21N3OS. The van der Waals surface area contributed by atoms with Crippen LogP contribution in [0.25, 0.3) is 10.7 Å². The molecule has 0 aromatic carbocycles. The summed E-state index contributed by atoms with van der Waals surface area (Å²) in [6.45, 7) is 3.14. The van der Waals surface area contributed by atoms with Crippen LogP contribution in [0.2, 0.25) is 0 Å². The Kier molecular flexibility index (Phi) is 3.92. The van der Waals surface area contributed by atoms with Gasteiger partial charge < -0.3 is 15.0 Å². The normalized spacial score (nSPS) is 18.1. The van der Waals surface area contributed by atoms with Gasteiger partial charge in [-0.05, 0) is 37.6 Å². The molecule has 2 aromatic heterocycles. The molecule has 1 fully saturated rings. The second-order valence-electron chi connectivity index (χ2n) is 5.81. The Balaban J connectivity index is 1.67. The number of aromatic nitrogens is 2. The summed E-state index contributed by atoms with van der Waals surface area (Å²) in [5, 5.41) is 15.3. The SMILES string of the molecule is CC(CO)(CCn1ccnc1-c1cccs1)NC1CC1. The lowest BCUT2D eigenvalue weighted by atomic mass is 9.98. The molecule has 1 saturated carbocycles. The van der Waals surface area contributed by atoms with Crippen LogP contribution in [0.4, 0.5) is 0 Å². The zero-order chi connectivity index (χ0) is 14.0. The molecule has 2 aromatic rings. The van der Waals surface area contributed by atoms with E-state index in [4.69, 9.17) is 0 Å². The number of imidazole rings is 1. The highest BCUT2D eigenvalue weighted by Gasteiger charge is 2.31. The quantitative estimate of drug-likeness (QED) is 0.824. The van der Waals surface area contributed by atoms with Crippen LogP contribution >= 0.6 is 11.3 Å². The molecule has 1 aliphatic rings. The fourth-order valence-corrected chi connectivity index (χ4v) is 3.14. The first kappa shape index (κ1) is 13.8. The van der Waals surface area contributed by atoms with Crippen LogP contribution in [0, 0.1) is 0 Å². The molecule has 0 radical (unpaired) electrons. The number of hydrogen-bond donors (Lipinski definition) is 2. The van der Waals surface area contributed by atoms with E-state index in [2.05, 4.69) is 33.2 Å². The minimum absolute atomic E-state index is 0.173. The molecule has 0 bridgehead atoms. The molecule has 3 rings (SSSR count). The van der Waals surface area contributed by atoms with Crippen molar-refractivity contribution >= 4 is 11.3 Å². The predicted molar refractivity (Wildman–Crippen MR) is 81.8 cm³/mol. The number of aryl methyl sites for hydroxylation is 1. The fraction of sp³-hybridized carbons (Fsp3) is 0.533. The highest BCUT2D eigenvalue weighted by molar-refractivity contribution is 7.13. The number of nitrogens with zero attached hydrogens (tertiary/aromatic N) is 2. The lowest BCUT2D eigenvalue weighted by Gasteiger charge is -2.29. The van der Waals surface area contributed by atoms with Crippen molar-refractivity contribution in [2.24, 2.45) is 0 Å². The van der Waals surface area contributed by atoms with Crippen LogP contribution in [0.5, 0.6) is 0 Å². The summed E-state index contributed by atoms with van der Waals surface area (Å²) < 4.78 is 2.17. The third kappa shape index (κ3) is 3.11. The minimum Gasteiger partial charge on any atom is -0.394 e. The highest BCUT2D eigenvalue weighted by atomic mass is 32.1. The Hall–Kier alpha value is -1.17. The molecule has 108 valence electrons. The molecule has 1 aliphatic carbocycles. The first-order valence-corrected chi connectivity index (χ1v) is 8.02. The third-order valence-electron chi connectivity index (χ3n) is 3.84. The van der Waals surface area contributed by atoms with Crippen molar-refractivity contribution in [3.05, 3.63) is 29.9 Å². The second kappa shape index (κ2) is 5.68. The van der Waals surface area contributed by atoms with E-state index in [0.717, 1.165) is 18.8 Å². The fourth-order valence-electron chi connectivity index (χ4n) is 2.41. The van der Waals surface area contributed by atoms with Gasteiger partial charge in [-0.3, -0.25) is 0 Å². The number of aliphatic hydroxyl groups is 1. The Bertz CT molecular complexity index is 547. The molecule has 1 atom stereocenters. The molecule has 0 spiro atoms. The number of nitrogens with one attached hydrogen (secondary N) is 1. The molecule has 2 heterocycles. The minimum atomic E-state index is -0.196. The van der Waals surface area contributed by atoms with Gasteiger partial charge in [0.2, 0.25) is 0 Å². The Morgan fingerprint density at radius 1 is 1.55 bits per heavy atom. The van der Waals surface area contributed by atoms with Gasteiger partial charge in [-0.15, -0.1) is 11.3 Å². The first-order valence-electron chi connectivity index (χ1n) is 7.14. The van der Waals surface area contributed by atoms with E-state index in [0.29, 0.717) is 6.04 Å². The smallest absolute Gasteiger partial charge is 0.149 e. The van der Waals surface area contributed by atoms with Gasteiger partial charge >= 0.3 is 0 Å². The predicted octanol–water partition coefficient (Wildman–Crippen LogP) is 2.50. The van der Waals surface area contributed by atoms with Crippen LogP contribution in [-0.2, 0) is 6.54 Å². The summed E-state index contributed by atoms with van der Waals surface area (Å²) in [5.41, 5.74) is -0.196. The third-order valence-corrected chi connectivity index (χ3v) is 4.71. The molecule has 4 nitrogen and oxygen atoms in total. The number of hydrogen-bond acceptors (Lipinski definition) is 4. The molecule has 0 saturated heterocycles. The van der Waals surface area contributed by atoms with Gasteiger partial charge in [-0.25, -0.2) is 4.98 Å². The first-order chi connectivity index (χ1) is 9.70. The van der Waals surface area contributed by atoms with Crippen molar-refractivity contribution in [2.45, 2.75) is 44.3 Å². The zero-order valence-electron chi connectivity index (χ0n) is 11.7. The van der Waals surface area contributed by atoms with E-state index < -0.39 is 0 Å². The molecule has 20 heavy (non-hydrogen) atoms. The topological polar surface area (TPSA) is 50.1 Å². The van der Waals surface area contributed by atoms with E-state index in [1.54, 1.807) is 11.3 Å². The summed E-state index contributed by atoms with van der Waals surface area (Å²) in [7, 11) is 0. The number of thiophene rings is 1. The molecule has 5 heteroatoms. The van der Waals surface area contributed by atoms with Crippen molar-refractivity contribution in [1.29, 1.82) is 0 Å². The van der Waals surface area contributed by atoms with E-state index in [9.17, 15) is 5.11 Å². The monoisotopic (exact) mass is 291 g/mol. The van der Waals surface area contributed by atoms with Gasteiger partial charge in [0.1, 0.15) is 5.82 Å². The van der Waals surface area contributed by atoms with Crippen LogP contribution in [0.1, 0.15) is 26.2 Å². The molecular weight excluding hydrogens is 270 g/mol. The van der Waals surface area contributed by atoms with E-state index in [1.165, 1.54) is 17.7 Å². The van der Waals surface area contributed by atoms with Gasteiger partial charge in [0.05, 0.1) is 11.5 Å². The second-order valence-corrected chi connectivity index (χ2v) is 6.76. The number of rotatable bonds is 7.